The highest BCUT2D eigenvalue weighted by Gasteiger charge is 2.33. The number of para-hydroxylation sites is 1. The van der Waals surface area contributed by atoms with E-state index < -0.39 is 66.4 Å². The molecule has 2 rings (SSSR count). The molecule has 0 aliphatic rings. The van der Waals surface area contributed by atoms with Crippen molar-refractivity contribution in [1.82, 2.24) is 20.9 Å². The molecule has 0 aliphatic heterocycles. The molecule has 1 heterocycles. The van der Waals surface area contributed by atoms with E-state index in [1.165, 1.54) is 18.7 Å². The summed E-state index contributed by atoms with van der Waals surface area (Å²) < 4.78 is 0. The minimum absolute atomic E-state index is 0.0726. The first-order chi connectivity index (χ1) is 18.4. The number of fused-ring (bicyclic) bond motifs is 1. The lowest BCUT2D eigenvalue weighted by Crippen LogP contribution is -2.60. The molecule has 3 amide bonds. The van der Waals surface area contributed by atoms with Crippen LogP contribution in [0.5, 0.6) is 0 Å². The number of hydrogen-bond donors (Lipinski definition) is 8. The first kappa shape index (κ1) is 31.6. The SMILES string of the molecule is CSCCC(N)C(=O)NC(CCC(=O)O)C(=O)NC(C(=O)NC(Cc1c[nH]c2ccccc12)C(=O)O)C(C)O. The van der Waals surface area contributed by atoms with Crippen LogP contribution in [0.4, 0.5) is 0 Å². The summed E-state index contributed by atoms with van der Waals surface area (Å²) in [4.78, 5) is 64.5. The van der Waals surface area contributed by atoms with Gasteiger partial charge in [-0.05, 0) is 43.4 Å². The highest BCUT2D eigenvalue weighted by molar-refractivity contribution is 7.98. The van der Waals surface area contributed by atoms with Gasteiger partial charge in [-0.15, -0.1) is 0 Å². The maximum absolute atomic E-state index is 13.0. The second-order valence-electron chi connectivity index (χ2n) is 9.07. The number of aromatic nitrogens is 1. The number of thioether (sulfide) groups is 1. The molecule has 14 heteroatoms. The Labute approximate surface area is 229 Å². The van der Waals surface area contributed by atoms with Gasteiger partial charge in [-0.25, -0.2) is 4.79 Å². The minimum Gasteiger partial charge on any atom is -0.481 e. The van der Waals surface area contributed by atoms with Gasteiger partial charge in [0.05, 0.1) is 12.1 Å². The number of benzene rings is 1. The molecule has 39 heavy (non-hydrogen) atoms. The quantitative estimate of drug-likeness (QED) is 0.131. The number of hydrogen-bond acceptors (Lipinski definition) is 8. The molecule has 5 atom stereocenters. The monoisotopic (exact) mass is 565 g/mol. The van der Waals surface area contributed by atoms with Gasteiger partial charge in [-0.3, -0.25) is 19.2 Å². The Kier molecular flexibility index (Phi) is 12.2. The number of nitrogens with one attached hydrogen (secondary N) is 4. The Morgan fingerprint density at radius 1 is 0.974 bits per heavy atom. The van der Waals surface area contributed by atoms with Crippen LogP contribution in [0.15, 0.2) is 30.5 Å². The second kappa shape index (κ2) is 15.1. The zero-order valence-corrected chi connectivity index (χ0v) is 22.5. The number of carbonyl (C=O) groups excluding carboxylic acids is 3. The maximum Gasteiger partial charge on any atom is 0.326 e. The number of nitrogens with two attached hydrogens (primary N) is 1. The van der Waals surface area contributed by atoms with Gasteiger partial charge >= 0.3 is 11.9 Å². The number of amides is 3. The number of aliphatic carboxylic acids is 2. The number of carboxylic acids is 2. The van der Waals surface area contributed by atoms with E-state index in [0.717, 1.165) is 10.9 Å². The van der Waals surface area contributed by atoms with Crippen LogP contribution in [0.3, 0.4) is 0 Å². The fourth-order valence-electron chi connectivity index (χ4n) is 3.83. The largest absolute Gasteiger partial charge is 0.481 e. The van der Waals surface area contributed by atoms with E-state index in [0.29, 0.717) is 17.7 Å². The van der Waals surface area contributed by atoms with E-state index >= 15 is 0 Å². The Hall–Kier alpha value is -3.62. The van der Waals surface area contributed by atoms with Crippen molar-refractivity contribution in [3.05, 3.63) is 36.0 Å². The van der Waals surface area contributed by atoms with Crippen molar-refractivity contribution >= 4 is 52.3 Å². The van der Waals surface area contributed by atoms with Crippen molar-refractivity contribution in [1.29, 1.82) is 0 Å². The molecule has 0 spiro atoms. The Bertz CT molecular complexity index is 1170. The molecule has 0 aliphatic carbocycles. The molecule has 0 bridgehead atoms. The number of aliphatic hydroxyl groups is 1. The van der Waals surface area contributed by atoms with Gasteiger partial charge in [0.2, 0.25) is 17.7 Å². The van der Waals surface area contributed by atoms with Crippen LogP contribution in [-0.4, -0.2) is 92.2 Å². The van der Waals surface area contributed by atoms with Gasteiger partial charge in [-0.1, -0.05) is 18.2 Å². The molecule has 5 unspecified atom stereocenters. The summed E-state index contributed by atoms with van der Waals surface area (Å²) in [7, 11) is 0. The van der Waals surface area contributed by atoms with Crippen LogP contribution >= 0.6 is 11.8 Å². The van der Waals surface area contributed by atoms with Crippen LogP contribution in [0.2, 0.25) is 0 Å². The standard InChI is InChI=1S/C25H35N5O8S/c1-13(31)21(30-23(35)18(7-8-20(32)33)28-22(34)16(26)9-10-39-2)24(36)29-19(25(37)38)11-14-12-27-17-6-4-3-5-15(14)17/h3-6,12-13,16,18-19,21,27,31H,7-11,26H2,1-2H3,(H,28,34)(H,29,36)(H,30,35)(H,32,33)(H,37,38). The van der Waals surface area contributed by atoms with Gasteiger partial charge in [0.15, 0.2) is 0 Å². The average molecular weight is 566 g/mol. The average Bonchev–Trinajstić information content (AvgIpc) is 3.29. The third kappa shape index (κ3) is 9.57. The zero-order valence-electron chi connectivity index (χ0n) is 21.7. The van der Waals surface area contributed by atoms with Crippen LogP contribution in [0, 0.1) is 0 Å². The van der Waals surface area contributed by atoms with E-state index in [9.17, 15) is 34.2 Å². The van der Waals surface area contributed by atoms with Crippen molar-refractivity contribution in [2.45, 2.75) is 62.9 Å². The summed E-state index contributed by atoms with van der Waals surface area (Å²) in [6.07, 6.45) is 1.52. The highest BCUT2D eigenvalue weighted by atomic mass is 32.2. The van der Waals surface area contributed by atoms with E-state index in [-0.39, 0.29) is 12.8 Å². The molecular weight excluding hydrogens is 530 g/mol. The first-order valence-corrected chi connectivity index (χ1v) is 13.7. The summed E-state index contributed by atoms with van der Waals surface area (Å²) in [6.45, 7) is 1.23. The molecule has 9 N–H and O–H groups in total. The summed E-state index contributed by atoms with van der Waals surface area (Å²) in [5.41, 5.74) is 7.28. The molecule has 0 saturated heterocycles. The summed E-state index contributed by atoms with van der Waals surface area (Å²) in [6, 6.07) is 1.98. The van der Waals surface area contributed by atoms with Crippen LogP contribution in [0.1, 0.15) is 31.7 Å². The topological polar surface area (TPSA) is 224 Å². The number of carboxylic acid groups (broad SMARTS) is 2. The minimum atomic E-state index is -1.59. The predicted molar refractivity (Wildman–Crippen MR) is 145 cm³/mol. The van der Waals surface area contributed by atoms with E-state index in [1.807, 2.05) is 18.4 Å². The van der Waals surface area contributed by atoms with Crippen LogP contribution in [-0.2, 0) is 30.4 Å². The number of H-pyrrole nitrogens is 1. The first-order valence-electron chi connectivity index (χ1n) is 12.3. The zero-order chi connectivity index (χ0) is 29.1. The molecule has 2 aromatic rings. The van der Waals surface area contributed by atoms with E-state index in [2.05, 4.69) is 20.9 Å². The van der Waals surface area contributed by atoms with Gasteiger partial charge in [0.1, 0.15) is 18.1 Å². The highest BCUT2D eigenvalue weighted by Crippen LogP contribution is 2.19. The normalized spacial score (nSPS) is 15.0. The molecule has 0 radical (unpaired) electrons. The van der Waals surface area contributed by atoms with Crippen molar-refractivity contribution in [3.8, 4) is 0 Å². The summed E-state index contributed by atoms with van der Waals surface area (Å²) >= 11 is 1.48. The third-order valence-electron chi connectivity index (χ3n) is 6.03. The lowest BCUT2D eigenvalue weighted by molar-refractivity contribution is -0.143. The predicted octanol–water partition coefficient (Wildman–Crippen LogP) is -0.425. The van der Waals surface area contributed by atoms with Gasteiger partial charge in [0.25, 0.3) is 0 Å². The molecular formula is C25H35N5O8S. The summed E-state index contributed by atoms with van der Waals surface area (Å²) in [5, 5.41) is 36.8. The fourth-order valence-corrected chi connectivity index (χ4v) is 4.32. The van der Waals surface area contributed by atoms with Gasteiger partial charge in [-0.2, -0.15) is 11.8 Å². The lowest BCUT2D eigenvalue weighted by atomic mass is 10.0. The smallest absolute Gasteiger partial charge is 0.326 e. The summed E-state index contributed by atoms with van der Waals surface area (Å²) in [5.74, 6) is -4.50. The lowest BCUT2D eigenvalue weighted by Gasteiger charge is -2.26. The number of aliphatic hydroxyl groups excluding tert-OH is 1. The number of carbonyl (C=O) groups is 5. The third-order valence-corrected chi connectivity index (χ3v) is 6.67. The van der Waals surface area contributed by atoms with Crippen LogP contribution in [0.25, 0.3) is 10.9 Å². The van der Waals surface area contributed by atoms with Crippen molar-refractivity contribution in [2.75, 3.05) is 12.0 Å². The maximum atomic E-state index is 13.0. The Morgan fingerprint density at radius 2 is 1.64 bits per heavy atom. The van der Waals surface area contributed by atoms with Crippen molar-refractivity contribution in [2.24, 2.45) is 5.73 Å². The molecule has 0 fully saturated rings. The number of rotatable bonds is 16. The second-order valence-corrected chi connectivity index (χ2v) is 10.1. The molecule has 1 aromatic heterocycles. The van der Waals surface area contributed by atoms with E-state index in [4.69, 9.17) is 10.8 Å². The molecule has 13 nitrogen and oxygen atoms in total. The van der Waals surface area contributed by atoms with E-state index in [1.54, 1.807) is 18.3 Å². The Morgan fingerprint density at radius 3 is 2.26 bits per heavy atom. The molecule has 214 valence electrons. The fraction of sp³-hybridized carbons (Fsp3) is 0.480. The van der Waals surface area contributed by atoms with Crippen molar-refractivity contribution < 1.29 is 39.3 Å². The van der Waals surface area contributed by atoms with Gasteiger partial charge < -0.3 is 42.0 Å². The molecule has 1 aromatic carbocycles. The Balaban J connectivity index is 2.15. The van der Waals surface area contributed by atoms with Gasteiger partial charge in [0, 0.05) is 29.9 Å². The molecule has 0 saturated carbocycles. The van der Waals surface area contributed by atoms with Crippen LogP contribution < -0.4 is 21.7 Å². The van der Waals surface area contributed by atoms with Crippen molar-refractivity contribution in [3.63, 3.8) is 0 Å². The number of aromatic amines is 1.